The Labute approximate surface area is 146 Å². The van der Waals surface area contributed by atoms with Crippen LogP contribution in [0.3, 0.4) is 0 Å². The molecule has 1 aliphatic heterocycles. The van der Waals surface area contributed by atoms with Crippen molar-refractivity contribution in [3.63, 3.8) is 0 Å². The zero-order valence-corrected chi connectivity index (χ0v) is 15.0. The highest BCUT2D eigenvalue weighted by molar-refractivity contribution is 6.12. The Balaban J connectivity index is 1.33. The molecule has 3 heteroatoms. The zero-order valence-electron chi connectivity index (χ0n) is 15.0. The third-order valence-electron chi connectivity index (χ3n) is 6.65. The summed E-state index contributed by atoms with van der Waals surface area (Å²) in [5.41, 5.74) is 0.674. The first-order valence-corrected chi connectivity index (χ1v) is 9.83. The summed E-state index contributed by atoms with van der Waals surface area (Å²) >= 11 is 0. The van der Waals surface area contributed by atoms with Crippen molar-refractivity contribution in [1.82, 2.24) is 4.90 Å². The maximum atomic E-state index is 11.5. The van der Waals surface area contributed by atoms with Gasteiger partial charge in [-0.1, -0.05) is 25.5 Å². The molecule has 2 fully saturated rings. The molecule has 24 heavy (non-hydrogen) atoms. The summed E-state index contributed by atoms with van der Waals surface area (Å²) in [7, 11) is 0. The maximum Gasteiger partial charge on any atom is 0.253 e. The predicted octanol–water partition coefficient (Wildman–Crippen LogP) is 4.63. The van der Waals surface area contributed by atoms with E-state index in [0.29, 0.717) is 12.0 Å². The van der Waals surface area contributed by atoms with Gasteiger partial charge in [-0.15, -0.1) is 0 Å². The Bertz CT molecular complexity index is 508. The van der Waals surface area contributed by atoms with E-state index in [1.807, 2.05) is 0 Å². The Morgan fingerprint density at radius 1 is 1.17 bits per heavy atom. The first kappa shape index (κ1) is 17.4. The Morgan fingerprint density at radius 2 is 1.88 bits per heavy atom. The number of unbranched alkanes of at least 4 members (excludes halogenated alkanes) is 2. The number of rotatable bonds is 9. The third kappa shape index (κ3) is 3.65. The molecule has 0 spiro atoms. The first-order chi connectivity index (χ1) is 11.6. The molecule has 1 unspecified atom stereocenters. The van der Waals surface area contributed by atoms with Crippen LogP contribution in [0.1, 0.15) is 71.1 Å². The van der Waals surface area contributed by atoms with Crippen molar-refractivity contribution in [1.29, 1.82) is 0 Å². The summed E-state index contributed by atoms with van der Waals surface area (Å²) < 4.78 is 0. The van der Waals surface area contributed by atoms with Crippen molar-refractivity contribution in [2.45, 2.75) is 71.1 Å². The number of amides is 2. The van der Waals surface area contributed by atoms with Gasteiger partial charge in [0.1, 0.15) is 0 Å². The van der Waals surface area contributed by atoms with Crippen LogP contribution in [0.5, 0.6) is 0 Å². The summed E-state index contributed by atoms with van der Waals surface area (Å²) in [6, 6.07) is 0. The molecule has 0 aromatic carbocycles. The Morgan fingerprint density at radius 3 is 2.46 bits per heavy atom. The van der Waals surface area contributed by atoms with Crippen molar-refractivity contribution >= 4 is 11.8 Å². The van der Waals surface area contributed by atoms with Crippen LogP contribution in [0.2, 0.25) is 0 Å². The standard InChI is InChI=1S/C21H31NO2/c1-2-18(21-13-11-17(16-21)12-14-21)8-6-4-3-5-7-15-22-19(23)9-10-20(22)24/h4,6,9-10,17-18H,2-3,5,7-8,11-16H2,1H3. The van der Waals surface area contributed by atoms with Gasteiger partial charge in [0.05, 0.1) is 0 Å². The molecule has 0 N–H and O–H groups in total. The second-order valence-corrected chi connectivity index (χ2v) is 7.98. The van der Waals surface area contributed by atoms with Crippen LogP contribution < -0.4 is 0 Å². The van der Waals surface area contributed by atoms with E-state index in [0.717, 1.165) is 31.1 Å². The molecule has 3 nitrogen and oxygen atoms in total. The van der Waals surface area contributed by atoms with Crippen LogP contribution in [0.25, 0.3) is 0 Å². The molecule has 0 aromatic rings. The number of imide groups is 1. The van der Waals surface area contributed by atoms with E-state index < -0.39 is 0 Å². The minimum atomic E-state index is -0.160. The summed E-state index contributed by atoms with van der Waals surface area (Å²) in [5.74, 6) is 1.58. The van der Waals surface area contributed by atoms with Gasteiger partial charge in [0.2, 0.25) is 0 Å². The van der Waals surface area contributed by atoms with Gasteiger partial charge in [0.25, 0.3) is 11.8 Å². The van der Waals surface area contributed by atoms with Crippen molar-refractivity contribution in [3.8, 4) is 0 Å². The van der Waals surface area contributed by atoms with Gasteiger partial charge < -0.3 is 0 Å². The fourth-order valence-electron chi connectivity index (χ4n) is 5.22. The van der Waals surface area contributed by atoms with Crippen LogP contribution in [-0.2, 0) is 9.59 Å². The molecule has 2 saturated carbocycles. The van der Waals surface area contributed by atoms with Crippen LogP contribution in [0, 0.1) is 17.3 Å². The molecule has 0 saturated heterocycles. The number of allylic oxidation sites excluding steroid dienone is 2. The number of fused-ring (bicyclic) bond motifs is 2. The van der Waals surface area contributed by atoms with E-state index in [4.69, 9.17) is 0 Å². The monoisotopic (exact) mass is 329 g/mol. The van der Waals surface area contributed by atoms with Gasteiger partial charge in [0.15, 0.2) is 0 Å². The molecule has 0 aromatic heterocycles. The second kappa shape index (κ2) is 7.67. The number of nitrogens with zero attached hydrogens (tertiary/aromatic N) is 1. The largest absolute Gasteiger partial charge is 0.275 e. The highest BCUT2D eigenvalue weighted by Crippen LogP contribution is 2.59. The Kier molecular flexibility index (Phi) is 5.57. The average molecular weight is 329 g/mol. The molecular weight excluding hydrogens is 298 g/mol. The highest BCUT2D eigenvalue weighted by atomic mass is 16.2. The number of carbonyl (C=O) groups is 2. The molecule has 132 valence electrons. The van der Waals surface area contributed by atoms with Crippen LogP contribution in [0.4, 0.5) is 0 Å². The number of hydrogen-bond donors (Lipinski definition) is 0. The second-order valence-electron chi connectivity index (χ2n) is 7.98. The number of hydrogen-bond acceptors (Lipinski definition) is 2. The minimum absolute atomic E-state index is 0.160. The summed E-state index contributed by atoms with van der Waals surface area (Å²) in [5, 5.41) is 0. The van der Waals surface area contributed by atoms with Gasteiger partial charge in [-0.05, 0) is 75.0 Å². The van der Waals surface area contributed by atoms with Crippen molar-refractivity contribution in [2.75, 3.05) is 6.54 Å². The summed E-state index contributed by atoms with van der Waals surface area (Å²) in [6.07, 6.45) is 20.3. The molecule has 2 aliphatic carbocycles. The Hall–Kier alpha value is -1.38. The minimum Gasteiger partial charge on any atom is -0.275 e. The van der Waals surface area contributed by atoms with Gasteiger partial charge in [-0.2, -0.15) is 0 Å². The smallest absolute Gasteiger partial charge is 0.253 e. The SMILES string of the molecule is CCC(CC=CCCCCN1C(=O)C=CC1=O)C12CCC(CC1)C2. The van der Waals surface area contributed by atoms with E-state index in [9.17, 15) is 9.59 Å². The van der Waals surface area contributed by atoms with E-state index >= 15 is 0 Å². The molecule has 1 heterocycles. The molecule has 2 amide bonds. The number of carbonyl (C=O) groups excluding carboxylic acids is 2. The lowest BCUT2D eigenvalue weighted by Gasteiger charge is -2.35. The summed E-state index contributed by atoms with van der Waals surface area (Å²) in [4.78, 5) is 24.2. The van der Waals surface area contributed by atoms with E-state index in [-0.39, 0.29) is 11.8 Å². The normalized spacial score (nSPS) is 30.2. The fraction of sp³-hybridized carbons (Fsp3) is 0.714. The molecular formula is C21H31NO2. The molecule has 1 atom stereocenters. The van der Waals surface area contributed by atoms with Gasteiger partial charge in [-0.3, -0.25) is 14.5 Å². The van der Waals surface area contributed by atoms with Crippen molar-refractivity contribution in [2.24, 2.45) is 17.3 Å². The molecule has 3 aliphatic rings. The van der Waals surface area contributed by atoms with Crippen LogP contribution >= 0.6 is 0 Å². The van der Waals surface area contributed by atoms with Gasteiger partial charge in [-0.25, -0.2) is 0 Å². The molecule has 0 radical (unpaired) electrons. The van der Waals surface area contributed by atoms with E-state index in [1.54, 1.807) is 0 Å². The summed E-state index contributed by atoms with van der Waals surface area (Å²) in [6.45, 7) is 2.91. The van der Waals surface area contributed by atoms with Gasteiger partial charge >= 0.3 is 0 Å². The third-order valence-corrected chi connectivity index (χ3v) is 6.65. The lowest BCUT2D eigenvalue weighted by molar-refractivity contribution is -0.136. The van der Waals surface area contributed by atoms with E-state index in [1.165, 1.54) is 62.0 Å². The molecule has 2 bridgehead atoms. The molecule has 3 rings (SSSR count). The maximum absolute atomic E-state index is 11.5. The van der Waals surface area contributed by atoms with Crippen LogP contribution in [-0.4, -0.2) is 23.3 Å². The average Bonchev–Trinajstić information content (AvgIpc) is 3.27. The topological polar surface area (TPSA) is 37.4 Å². The lowest BCUT2D eigenvalue weighted by Crippen LogP contribution is -2.30. The van der Waals surface area contributed by atoms with Crippen molar-refractivity contribution < 1.29 is 9.59 Å². The first-order valence-electron chi connectivity index (χ1n) is 9.83. The zero-order chi connectivity index (χ0) is 17.0. The van der Waals surface area contributed by atoms with Crippen molar-refractivity contribution in [3.05, 3.63) is 24.3 Å². The lowest BCUT2D eigenvalue weighted by atomic mass is 9.70. The highest BCUT2D eigenvalue weighted by Gasteiger charge is 2.48. The predicted molar refractivity (Wildman–Crippen MR) is 96.3 cm³/mol. The van der Waals surface area contributed by atoms with Gasteiger partial charge in [0, 0.05) is 18.7 Å². The van der Waals surface area contributed by atoms with E-state index in [2.05, 4.69) is 19.1 Å². The fourth-order valence-corrected chi connectivity index (χ4v) is 5.22. The quantitative estimate of drug-likeness (QED) is 0.351. The van der Waals surface area contributed by atoms with Crippen LogP contribution in [0.15, 0.2) is 24.3 Å².